The molecule has 33 heteroatoms. The van der Waals surface area contributed by atoms with Crippen LogP contribution in [0.5, 0.6) is 11.6 Å². The standard InChI is InChI=1S/C23H28N6O7.C23H30N6O4.C20H30N6O4/c1-5-6-7-11-28(22(32)36-23(2,3)4)21-25-19-18(24-14-27(19)13-17(30)31)20(26-21)35-16-10-8-9-15(12-16)29(33)34;1-5-6-10-13-29(22(32)33-23(2,3)4)21-26-19(25-16-11-8-7-9-12-16)18-20(27-21)28(15-24-18)14-17(30)31;1-6-8-9-11-26(19(29)30-20(3,4)5)18-23-16(21-10-7-2)15-17(24-18)25(13-22-15)12-14(27)28/h8-10,12,14H,5-7,11,13H2,1-4H3,(H,30,31);7-9,11-12,15H,5-6,10,13-14H2,1-4H3,(H,30,31)(H,25,26,27);7,13H,2,6,8-12H2,1,3-5H3,(H,27,28)(H,21,23,24). The molecule has 0 aliphatic carbocycles. The summed E-state index contributed by atoms with van der Waals surface area (Å²) < 4.78 is 26.6. The van der Waals surface area contributed by atoms with Crippen LogP contribution >= 0.6 is 0 Å². The summed E-state index contributed by atoms with van der Waals surface area (Å²) in [6, 6.07) is 14.9. The van der Waals surface area contributed by atoms with Crippen LogP contribution in [0, 0.1) is 10.1 Å². The van der Waals surface area contributed by atoms with E-state index >= 15 is 0 Å². The number of imidazole rings is 3. The summed E-state index contributed by atoms with van der Waals surface area (Å²) in [6.45, 7) is 26.2. The van der Waals surface area contributed by atoms with Crippen molar-refractivity contribution < 1.29 is 68.0 Å². The zero-order valence-electron chi connectivity index (χ0n) is 57.9. The normalized spacial score (nSPS) is 11.4. The smallest absolute Gasteiger partial charge is 0.417 e. The number of benzene rings is 2. The Balaban J connectivity index is 0.000000235. The highest BCUT2D eigenvalue weighted by molar-refractivity contribution is 5.93. The third-order valence-corrected chi connectivity index (χ3v) is 13.5. The lowest BCUT2D eigenvalue weighted by molar-refractivity contribution is -0.384. The van der Waals surface area contributed by atoms with Gasteiger partial charge < -0.3 is 58.6 Å². The van der Waals surface area contributed by atoms with Gasteiger partial charge in [0.15, 0.2) is 45.1 Å². The highest BCUT2D eigenvalue weighted by Crippen LogP contribution is 2.33. The Kier molecular flexibility index (Phi) is 27.3. The molecule has 532 valence electrons. The zero-order chi connectivity index (χ0) is 72.8. The number of rotatable bonds is 29. The summed E-state index contributed by atoms with van der Waals surface area (Å²) in [5, 5.41) is 45.2. The van der Waals surface area contributed by atoms with Crippen molar-refractivity contribution in [3.63, 3.8) is 0 Å². The maximum atomic E-state index is 13.1. The molecule has 6 heterocycles. The first-order valence-corrected chi connectivity index (χ1v) is 32.3. The van der Waals surface area contributed by atoms with Gasteiger partial charge in [0.25, 0.3) is 11.6 Å². The highest BCUT2D eigenvalue weighted by Gasteiger charge is 2.31. The molecule has 99 heavy (non-hydrogen) atoms. The molecule has 0 bridgehead atoms. The van der Waals surface area contributed by atoms with Gasteiger partial charge in [0.1, 0.15) is 42.2 Å². The molecule has 8 aromatic rings. The SMILES string of the molecule is C=CCNc1nc(N(CCCCC)C(=O)OC(C)(C)C)nc2c1ncn2CC(=O)O.CCCCCN(C(=O)OC(C)(C)C)c1nc(Nc2ccccc2)c2ncn(CC(=O)O)c2n1.CCCCCN(C(=O)OC(C)(C)C)c1nc(Oc2cccc([N+](=O)[O-])c2)c2ncn(CC(=O)O)c2n1. The Morgan fingerprint density at radius 1 is 0.545 bits per heavy atom. The summed E-state index contributed by atoms with van der Waals surface area (Å²) in [6.07, 6.45) is 11.6. The van der Waals surface area contributed by atoms with Crippen LogP contribution in [0.2, 0.25) is 0 Å². The number of ether oxygens (including phenoxy) is 4. The van der Waals surface area contributed by atoms with Crippen molar-refractivity contribution in [3.8, 4) is 11.6 Å². The second kappa shape index (κ2) is 35.2. The molecular weight excluding hydrogens is 1280 g/mol. The van der Waals surface area contributed by atoms with Crippen molar-refractivity contribution in [2.45, 2.75) is 177 Å². The van der Waals surface area contributed by atoms with Crippen molar-refractivity contribution in [2.24, 2.45) is 0 Å². The largest absolute Gasteiger partial charge is 0.480 e. The molecule has 6 aromatic heterocycles. The molecule has 2 aromatic carbocycles. The Morgan fingerprint density at radius 3 is 1.33 bits per heavy atom. The van der Waals surface area contributed by atoms with Crippen molar-refractivity contribution in [1.29, 1.82) is 0 Å². The van der Waals surface area contributed by atoms with E-state index in [0.717, 1.165) is 57.1 Å². The average molecular weight is 1370 g/mol. The van der Waals surface area contributed by atoms with Crippen molar-refractivity contribution in [1.82, 2.24) is 58.6 Å². The van der Waals surface area contributed by atoms with E-state index in [-0.39, 0.29) is 66.0 Å². The third-order valence-electron chi connectivity index (χ3n) is 13.5. The van der Waals surface area contributed by atoms with Crippen LogP contribution in [0.3, 0.4) is 0 Å². The van der Waals surface area contributed by atoms with Gasteiger partial charge in [-0.1, -0.05) is 89.6 Å². The summed E-state index contributed by atoms with van der Waals surface area (Å²) in [5.74, 6) is -2.21. The second-order valence-electron chi connectivity index (χ2n) is 25.4. The maximum Gasteiger partial charge on any atom is 0.417 e. The molecular formula is C66H88N18O15. The van der Waals surface area contributed by atoms with Crippen molar-refractivity contribution >= 4 is 111 Å². The number of fused-ring (bicyclic) bond motifs is 3. The molecule has 33 nitrogen and oxygen atoms in total. The van der Waals surface area contributed by atoms with Crippen LogP contribution < -0.4 is 30.1 Å². The minimum Gasteiger partial charge on any atom is -0.480 e. The van der Waals surface area contributed by atoms with Gasteiger partial charge in [0.2, 0.25) is 17.8 Å². The van der Waals surface area contributed by atoms with E-state index in [4.69, 9.17) is 18.9 Å². The lowest BCUT2D eigenvalue weighted by atomic mass is 10.2. The number of aromatic nitrogens is 12. The van der Waals surface area contributed by atoms with Gasteiger partial charge in [-0.05, 0) is 99.8 Å². The monoisotopic (exact) mass is 1370 g/mol. The number of non-ortho nitro benzene ring substituents is 1. The van der Waals surface area contributed by atoms with Crippen LogP contribution in [0.4, 0.5) is 55.2 Å². The lowest BCUT2D eigenvalue weighted by Gasteiger charge is -2.26. The van der Waals surface area contributed by atoms with Crippen LogP contribution in [0.25, 0.3) is 33.5 Å². The number of carboxylic acids is 3. The number of aliphatic carboxylic acids is 3. The zero-order valence-corrected chi connectivity index (χ0v) is 57.9. The number of carboxylic acid groups (broad SMARTS) is 3. The fraction of sp³-hybridized carbons (Fsp3) is 0.470. The topological polar surface area (TPSA) is 408 Å². The van der Waals surface area contributed by atoms with Gasteiger partial charge >= 0.3 is 36.2 Å². The van der Waals surface area contributed by atoms with E-state index < -0.39 is 64.5 Å². The Morgan fingerprint density at radius 2 is 0.939 bits per heavy atom. The Hall–Kier alpha value is -11.2. The number of para-hydroxylation sites is 1. The molecule has 0 unspecified atom stereocenters. The van der Waals surface area contributed by atoms with Crippen LogP contribution in [-0.2, 0) is 48.2 Å². The number of nitrogens with zero attached hydrogens (tertiary/aromatic N) is 16. The predicted molar refractivity (Wildman–Crippen MR) is 370 cm³/mol. The number of anilines is 6. The first-order chi connectivity index (χ1) is 46.8. The van der Waals surface area contributed by atoms with E-state index in [9.17, 15) is 54.2 Å². The Bertz CT molecular complexity index is 4100. The van der Waals surface area contributed by atoms with Crippen LogP contribution in [0.1, 0.15) is 141 Å². The van der Waals surface area contributed by atoms with Crippen molar-refractivity contribution in [2.75, 3.05) is 51.5 Å². The number of nitrogens with one attached hydrogen (secondary N) is 2. The third kappa shape index (κ3) is 23.3. The molecule has 8 rings (SSSR count). The van der Waals surface area contributed by atoms with Gasteiger partial charge in [-0.15, -0.1) is 6.58 Å². The van der Waals surface area contributed by atoms with E-state index in [1.54, 1.807) is 68.4 Å². The number of nitro benzene ring substituents is 1. The van der Waals surface area contributed by atoms with Crippen molar-refractivity contribution in [3.05, 3.63) is 96.3 Å². The van der Waals surface area contributed by atoms with Gasteiger partial charge in [0.05, 0.1) is 30.0 Å². The molecule has 0 atom stereocenters. The molecule has 3 amide bonds. The molecule has 0 aliphatic rings. The number of hydrogen-bond acceptors (Lipinski definition) is 23. The number of amides is 3. The Labute approximate surface area is 571 Å². The first-order valence-electron chi connectivity index (χ1n) is 32.3. The number of carbonyl (C=O) groups excluding carboxylic acids is 3. The minimum atomic E-state index is -1.12. The number of hydrogen-bond donors (Lipinski definition) is 5. The summed E-state index contributed by atoms with van der Waals surface area (Å²) in [4.78, 5) is 127. The first kappa shape index (κ1) is 76.9. The van der Waals surface area contributed by atoms with E-state index in [1.165, 1.54) is 71.6 Å². The van der Waals surface area contributed by atoms with Gasteiger partial charge in [-0.3, -0.25) is 24.5 Å². The summed E-state index contributed by atoms with van der Waals surface area (Å²) in [7, 11) is 0. The average Bonchev–Trinajstić information content (AvgIpc) is 1.71. The van der Waals surface area contributed by atoms with Gasteiger partial charge in [-0.25, -0.2) is 44.0 Å². The molecule has 0 saturated carbocycles. The van der Waals surface area contributed by atoms with Crippen LogP contribution in [-0.4, -0.2) is 158 Å². The predicted octanol–water partition coefficient (Wildman–Crippen LogP) is 12.6. The molecule has 0 fully saturated rings. The highest BCUT2D eigenvalue weighted by atomic mass is 16.6. The number of carbonyl (C=O) groups is 6. The van der Waals surface area contributed by atoms with Gasteiger partial charge in [0, 0.05) is 37.9 Å². The summed E-state index contributed by atoms with van der Waals surface area (Å²) >= 11 is 0. The number of unbranched alkanes of at least 4 members (excludes halogenated alkanes) is 6. The quantitative estimate of drug-likeness (QED) is 0.00955. The fourth-order valence-corrected chi connectivity index (χ4v) is 9.13. The maximum absolute atomic E-state index is 13.1. The molecule has 0 spiro atoms. The van der Waals surface area contributed by atoms with Gasteiger partial charge in [-0.2, -0.15) is 29.9 Å². The molecule has 0 aliphatic heterocycles. The lowest BCUT2D eigenvalue weighted by Crippen LogP contribution is -2.38. The minimum absolute atomic E-state index is 0.0691. The molecule has 0 radical (unpaired) electrons. The summed E-state index contributed by atoms with van der Waals surface area (Å²) in [5.41, 5.74) is 0.118. The number of nitro groups is 1. The second-order valence-corrected chi connectivity index (χ2v) is 25.4. The molecule has 5 N–H and O–H groups in total. The van der Waals surface area contributed by atoms with E-state index in [1.807, 2.05) is 37.3 Å². The van der Waals surface area contributed by atoms with E-state index in [2.05, 4.69) is 75.9 Å². The fourth-order valence-electron chi connectivity index (χ4n) is 9.13. The van der Waals surface area contributed by atoms with E-state index in [0.29, 0.717) is 60.0 Å². The molecule has 0 saturated heterocycles. The van der Waals surface area contributed by atoms with Crippen LogP contribution in [0.15, 0.2) is 86.2 Å².